The van der Waals surface area contributed by atoms with Gasteiger partial charge in [-0.1, -0.05) is 29.4 Å². The molecule has 1 aromatic rings. The summed E-state index contributed by atoms with van der Waals surface area (Å²) in [6.07, 6.45) is 0.493. The smallest absolute Gasteiger partial charge is 0.307 e. The number of carbonyl (C=O) groups excluding carboxylic acids is 2. The molecule has 8 heteroatoms. The van der Waals surface area contributed by atoms with Crippen molar-refractivity contribution in [2.45, 2.75) is 25.4 Å². The lowest BCUT2D eigenvalue weighted by Crippen LogP contribution is -2.29. The lowest BCUT2D eigenvalue weighted by molar-refractivity contribution is -0.140. The highest BCUT2D eigenvalue weighted by molar-refractivity contribution is 6.02. The maximum absolute atomic E-state index is 11.8. The molecule has 0 fully saturated rings. The van der Waals surface area contributed by atoms with Gasteiger partial charge in [0.05, 0.1) is 25.7 Å². The molecule has 4 N–H and O–H groups in total. The Kier molecular flexibility index (Phi) is 5.89. The SMILES string of the molecule is COC(=O)CCNC(=O)CC1CC(c2ccc(C(=N)N)cc2)=NO1. The second kappa shape index (κ2) is 8.09. The zero-order chi connectivity index (χ0) is 17.5. The summed E-state index contributed by atoms with van der Waals surface area (Å²) in [5, 5.41) is 14.0. The van der Waals surface area contributed by atoms with Crippen LogP contribution in [0.15, 0.2) is 29.4 Å². The van der Waals surface area contributed by atoms with Crippen LogP contribution in [0.1, 0.15) is 30.4 Å². The fourth-order valence-corrected chi connectivity index (χ4v) is 2.24. The summed E-state index contributed by atoms with van der Waals surface area (Å²) in [6.45, 7) is 0.235. The summed E-state index contributed by atoms with van der Waals surface area (Å²) < 4.78 is 4.50. The quantitative estimate of drug-likeness (QED) is 0.381. The average molecular weight is 332 g/mol. The number of ether oxygens (including phenoxy) is 1. The van der Waals surface area contributed by atoms with Crippen molar-refractivity contribution in [3.63, 3.8) is 0 Å². The highest BCUT2D eigenvalue weighted by Gasteiger charge is 2.24. The van der Waals surface area contributed by atoms with Crippen LogP contribution >= 0.6 is 0 Å². The molecule has 1 amide bonds. The molecule has 1 heterocycles. The van der Waals surface area contributed by atoms with Crippen molar-refractivity contribution in [3.8, 4) is 0 Å². The van der Waals surface area contributed by atoms with Crippen molar-refractivity contribution in [2.24, 2.45) is 10.9 Å². The predicted molar refractivity (Wildman–Crippen MR) is 87.7 cm³/mol. The number of rotatable bonds is 7. The molecule has 1 aliphatic heterocycles. The number of oxime groups is 1. The minimum Gasteiger partial charge on any atom is -0.469 e. The Balaban J connectivity index is 1.78. The van der Waals surface area contributed by atoms with Crippen molar-refractivity contribution < 1.29 is 19.2 Å². The summed E-state index contributed by atoms with van der Waals surface area (Å²) in [6, 6.07) is 7.12. The van der Waals surface area contributed by atoms with Gasteiger partial charge in [-0.2, -0.15) is 0 Å². The Hall–Kier alpha value is -2.90. The van der Waals surface area contributed by atoms with E-state index in [2.05, 4.69) is 15.2 Å². The molecular formula is C16H20N4O4. The fourth-order valence-electron chi connectivity index (χ4n) is 2.24. The van der Waals surface area contributed by atoms with Gasteiger partial charge in [-0.15, -0.1) is 0 Å². The third-order valence-electron chi connectivity index (χ3n) is 3.55. The van der Waals surface area contributed by atoms with Gasteiger partial charge in [-0.05, 0) is 5.56 Å². The summed E-state index contributed by atoms with van der Waals surface area (Å²) in [7, 11) is 1.30. The Labute approximate surface area is 139 Å². The second-order valence-electron chi connectivity index (χ2n) is 5.34. The van der Waals surface area contributed by atoms with Gasteiger partial charge in [0.1, 0.15) is 11.9 Å². The van der Waals surface area contributed by atoms with Gasteiger partial charge in [0.25, 0.3) is 0 Å². The monoisotopic (exact) mass is 332 g/mol. The Morgan fingerprint density at radius 1 is 1.42 bits per heavy atom. The van der Waals surface area contributed by atoms with E-state index in [1.54, 1.807) is 12.1 Å². The van der Waals surface area contributed by atoms with Crippen LogP contribution in [0, 0.1) is 5.41 Å². The van der Waals surface area contributed by atoms with Gasteiger partial charge in [0.2, 0.25) is 5.91 Å². The molecule has 8 nitrogen and oxygen atoms in total. The van der Waals surface area contributed by atoms with Crippen LogP contribution in [-0.2, 0) is 19.2 Å². The number of nitrogen functional groups attached to an aromatic ring is 1. The molecule has 1 atom stereocenters. The molecule has 0 saturated carbocycles. The zero-order valence-electron chi connectivity index (χ0n) is 13.4. The first-order valence-electron chi connectivity index (χ1n) is 7.50. The molecule has 1 aromatic carbocycles. The number of nitrogens with zero attached hydrogens (tertiary/aromatic N) is 1. The summed E-state index contributed by atoms with van der Waals surface area (Å²) >= 11 is 0. The van der Waals surface area contributed by atoms with E-state index in [0.29, 0.717) is 12.0 Å². The molecule has 1 unspecified atom stereocenters. The van der Waals surface area contributed by atoms with Crippen molar-refractivity contribution >= 4 is 23.4 Å². The molecule has 0 saturated heterocycles. The zero-order valence-corrected chi connectivity index (χ0v) is 13.4. The average Bonchev–Trinajstić information content (AvgIpc) is 3.03. The molecule has 0 radical (unpaired) electrons. The minimum atomic E-state index is -0.368. The largest absolute Gasteiger partial charge is 0.469 e. The Bertz CT molecular complexity index is 655. The number of esters is 1. The number of carbonyl (C=O) groups is 2. The number of amidine groups is 1. The number of hydrogen-bond acceptors (Lipinski definition) is 6. The van der Waals surface area contributed by atoms with E-state index in [0.717, 1.165) is 11.3 Å². The number of amides is 1. The van der Waals surface area contributed by atoms with Gasteiger partial charge < -0.3 is 20.6 Å². The molecule has 2 rings (SSSR count). The standard InChI is InChI=1S/C16H20N4O4/c1-23-15(22)6-7-19-14(21)9-12-8-13(20-24-12)10-2-4-11(5-3-10)16(17)18/h2-5,12H,6-9H2,1H3,(H3,17,18)(H,19,21). The molecule has 0 spiro atoms. The first kappa shape index (κ1) is 17.5. The van der Waals surface area contributed by atoms with Crippen molar-refractivity contribution in [3.05, 3.63) is 35.4 Å². The van der Waals surface area contributed by atoms with E-state index in [9.17, 15) is 9.59 Å². The molecule has 0 aliphatic carbocycles. The number of nitrogens with one attached hydrogen (secondary N) is 2. The highest BCUT2D eigenvalue weighted by atomic mass is 16.6. The fraction of sp³-hybridized carbons (Fsp3) is 0.375. The topological polar surface area (TPSA) is 127 Å². The van der Waals surface area contributed by atoms with Crippen LogP contribution < -0.4 is 11.1 Å². The first-order chi connectivity index (χ1) is 11.5. The predicted octanol–water partition coefficient (Wildman–Crippen LogP) is 0.533. The van der Waals surface area contributed by atoms with E-state index in [1.165, 1.54) is 7.11 Å². The Morgan fingerprint density at radius 2 is 2.12 bits per heavy atom. The van der Waals surface area contributed by atoms with E-state index < -0.39 is 0 Å². The van der Waals surface area contributed by atoms with Crippen LogP contribution in [0.3, 0.4) is 0 Å². The van der Waals surface area contributed by atoms with Crippen LogP contribution in [0.25, 0.3) is 0 Å². The number of hydrogen-bond donors (Lipinski definition) is 3. The summed E-state index contributed by atoms with van der Waals surface area (Å²) in [4.78, 5) is 28.1. The highest BCUT2D eigenvalue weighted by Crippen LogP contribution is 2.19. The normalized spacial score (nSPS) is 16.0. The van der Waals surface area contributed by atoms with Crippen molar-refractivity contribution in [1.82, 2.24) is 5.32 Å². The maximum atomic E-state index is 11.8. The lowest BCUT2D eigenvalue weighted by Gasteiger charge is -2.08. The van der Waals surface area contributed by atoms with E-state index in [4.69, 9.17) is 16.0 Å². The number of nitrogens with two attached hydrogens (primary N) is 1. The molecule has 0 aromatic heterocycles. The molecule has 0 bridgehead atoms. The van der Waals surface area contributed by atoms with Gasteiger partial charge >= 0.3 is 5.97 Å². The van der Waals surface area contributed by atoms with Crippen molar-refractivity contribution in [1.29, 1.82) is 5.41 Å². The van der Waals surface area contributed by atoms with Crippen LogP contribution in [0.4, 0.5) is 0 Å². The molecule has 128 valence electrons. The van der Waals surface area contributed by atoms with Gasteiger partial charge in [-0.3, -0.25) is 15.0 Å². The second-order valence-corrected chi connectivity index (χ2v) is 5.34. The molecule has 1 aliphatic rings. The van der Waals surface area contributed by atoms with Gasteiger partial charge in [0, 0.05) is 18.5 Å². The summed E-state index contributed by atoms with van der Waals surface area (Å²) in [5.74, 6) is -0.563. The Morgan fingerprint density at radius 3 is 2.75 bits per heavy atom. The van der Waals surface area contributed by atoms with Crippen LogP contribution in [0.2, 0.25) is 0 Å². The molecular weight excluding hydrogens is 312 g/mol. The van der Waals surface area contributed by atoms with E-state index in [-0.39, 0.29) is 43.2 Å². The van der Waals surface area contributed by atoms with Crippen LogP contribution in [0.5, 0.6) is 0 Å². The number of benzene rings is 1. The van der Waals surface area contributed by atoms with E-state index >= 15 is 0 Å². The van der Waals surface area contributed by atoms with Gasteiger partial charge in [0.15, 0.2) is 0 Å². The lowest BCUT2D eigenvalue weighted by atomic mass is 10.0. The maximum Gasteiger partial charge on any atom is 0.307 e. The van der Waals surface area contributed by atoms with E-state index in [1.807, 2.05) is 12.1 Å². The van der Waals surface area contributed by atoms with Gasteiger partial charge in [-0.25, -0.2) is 0 Å². The third-order valence-corrected chi connectivity index (χ3v) is 3.55. The first-order valence-corrected chi connectivity index (χ1v) is 7.50. The molecule has 24 heavy (non-hydrogen) atoms. The summed E-state index contributed by atoms with van der Waals surface area (Å²) in [5.41, 5.74) is 7.67. The van der Waals surface area contributed by atoms with Crippen molar-refractivity contribution in [2.75, 3.05) is 13.7 Å². The van der Waals surface area contributed by atoms with Crippen LogP contribution in [-0.4, -0.2) is 43.2 Å². The third kappa shape index (κ3) is 4.80. The number of methoxy groups -OCH3 is 1. The minimum absolute atomic E-state index is 0.00710.